The van der Waals surface area contributed by atoms with Gasteiger partial charge in [0, 0.05) is 0 Å². The summed E-state index contributed by atoms with van der Waals surface area (Å²) >= 11 is 0. The summed E-state index contributed by atoms with van der Waals surface area (Å²) < 4.78 is 0. The Bertz CT molecular complexity index is 666. The van der Waals surface area contributed by atoms with Gasteiger partial charge in [0.2, 0.25) is 0 Å². The van der Waals surface area contributed by atoms with Gasteiger partial charge in [-0.25, -0.2) is 0 Å². The first-order valence-corrected chi connectivity index (χ1v) is 11.4. The third kappa shape index (κ3) is 2.92. The Balaban J connectivity index is 1.78. The number of hydrogen-bond acceptors (Lipinski definition) is 0. The van der Waals surface area contributed by atoms with E-state index in [2.05, 4.69) is 56.9 Å². The predicted molar refractivity (Wildman–Crippen MR) is 108 cm³/mol. The van der Waals surface area contributed by atoms with Crippen LogP contribution in [0.15, 0.2) is 41.7 Å². The molecule has 0 nitrogen and oxygen atoms in total. The molecule has 2 aliphatic carbocycles. The molecule has 0 radical (unpaired) electrons. The minimum Gasteiger partial charge on any atom is -0.0763 e. The molecule has 3 aliphatic rings. The van der Waals surface area contributed by atoms with E-state index in [0.717, 1.165) is 23.4 Å². The first-order valence-electron chi connectivity index (χ1n) is 9.94. The SMILES string of the molecule is CC1CCC(C(C)C)C(P2C=C3CCCC=C3c3ccccc32)C1. The van der Waals surface area contributed by atoms with Crippen molar-refractivity contribution in [2.24, 2.45) is 17.8 Å². The van der Waals surface area contributed by atoms with Gasteiger partial charge in [-0.05, 0) is 85.5 Å². The Morgan fingerprint density at radius 1 is 1.12 bits per heavy atom. The van der Waals surface area contributed by atoms with E-state index in [-0.39, 0.29) is 7.92 Å². The monoisotopic (exact) mass is 338 g/mol. The zero-order valence-corrected chi connectivity index (χ0v) is 16.4. The van der Waals surface area contributed by atoms with Crippen molar-refractivity contribution >= 4 is 18.8 Å². The average Bonchev–Trinajstić information content (AvgIpc) is 2.60. The van der Waals surface area contributed by atoms with Crippen molar-refractivity contribution < 1.29 is 0 Å². The Labute approximate surface area is 149 Å². The van der Waals surface area contributed by atoms with Crippen LogP contribution in [-0.4, -0.2) is 5.66 Å². The van der Waals surface area contributed by atoms with Gasteiger partial charge in [0.1, 0.15) is 0 Å². The minimum absolute atomic E-state index is 0.151. The Morgan fingerprint density at radius 2 is 1.96 bits per heavy atom. The van der Waals surface area contributed by atoms with Crippen LogP contribution in [0.3, 0.4) is 0 Å². The molecule has 1 aliphatic heterocycles. The molecule has 1 heteroatoms. The summed E-state index contributed by atoms with van der Waals surface area (Å²) in [6.45, 7) is 7.39. The quantitative estimate of drug-likeness (QED) is 0.525. The second-order valence-corrected chi connectivity index (χ2v) is 10.7. The van der Waals surface area contributed by atoms with Gasteiger partial charge in [0.15, 0.2) is 0 Å². The number of allylic oxidation sites excluding steroid dienone is 3. The Hall–Kier alpha value is -0.870. The van der Waals surface area contributed by atoms with Crippen LogP contribution in [0.4, 0.5) is 0 Å². The van der Waals surface area contributed by atoms with Crippen LogP contribution in [0.25, 0.3) is 5.57 Å². The van der Waals surface area contributed by atoms with Crippen LogP contribution in [0.2, 0.25) is 0 Å². The average molecular weight is 338 g/mol. The van der Waals surface area contributed by atoms with Crippen molar-refractivity contribution in [1.29, 1.82) is 0 Å². The smallest absolute Gasteiger partial charge is 0.0101 e. The maximum atomic E-state index is 2.75. The molecule has 4 atom stereocenters. The highest BCUT2D eigenvalue weighted by molar-refractivity contribution is 7.69. The highest BCUT2D eigenvalue weighted by Crippen LogP contribution is 2.58. The molecule has 4 rings (SSSR count). The zero-order valence-electron chi connectivity index (χ0n) is 15.5. The molecule has 0 aromatic heterocycles. The fourth-order valence-electron chi connectivity index (χ4n) is 5.13. The Morgan fingerprint density at radius 3 is 2.79 bits per heavy atom. The highest BCUT2D eigenvalue weighted by atomic mass is 31.1. The molecule has 0 saturated heterocycles. The summed E-state index contributed by atoms with van der Waals surface area (Å²) in [6, 6.07) is 9.35. The van der Waals surface area contributed by atoms with E-state index in [0.29, 0.717) is 0 Å². The number of fused-ring (bicyclic) bond motifs is 3. The van der Waals surface area contributed by atoms with Crippen molar-refractivity contribution in [3.8, 4) is 0 Å². The number of rotatable bonds is 2. The van der Waals surface area contributed by atoms with Crippen LogP contribution in [0, 0.1) is 17.8 Å². The minimum atomic E-state index is -0.151. The summed E-state index contributed by atoms with van der Waals surface area (Å²) in [5.74, 6) is 5.38. The topological polar surface area (TPSA) is 0 Å². The molecule has 0 spiro atoms. The molecular formula is C23H31P. The lowest BCUT2D eigenvalue weighted by Gasteiger charge is -2.43. The van der Waals surface area contributed by atoms with Crippen molar-refractivity contribution in [1.82, 2.24) is 0 Å². The molecular weight excluding hydrogens is 307 g/mol. The van der Waals surface area contributed by atoms with Crippen molar-refractivity contribution in [3.05, 3.63) is 47.3 Å². The fraction of sp³-hybridized carbons (Fsp3) is 0.565. The molecule has 1 aromatic rings. The third-order valence-corrected chi connectivity index (χ3v) is 9.30. The summed E-state index contributed by atoms with van der Waals surface area (Å²) in [6.07, 6.45) is 10.7. The van der Waals surface area contributed by atoms with Crippen LogP contribution in [-0.2, 0) is 0 Å². The molecule has 24 heavy (non-hydrogen) atoms. The lowest BCUT2D eigenvalue weighted by molar-refractivity contribution is 0.242. The van der Waals surface area contributed by atoms with E-state index >= 15 is 0 Å². The van der Waals surface area contributed by atoms with Gasteiger partial charge < -0.3 is 0 Å². The molecule has 1 aromatic carbocycles. The molecule has 1 saturated carbocycles. The maximum absolute atomic E-state index is 2.75. The van der Waals surface area contributed by atoms with Crippen molar-refractivity contribution in [2.45, 2.75) is 65.0 Å². The standard InChI is InChI=1S/C23H31P/c1-16(2)19-13-12-17(3)14-23(19)24-15-18-8-4-5-9-20(18)21-10-6-7-11-22(21)24/h6-7,9-11,15-17,19,23H,4-5,8,12-14H2,1-3H3. The maximum Gasteiger partial charge on any atom is -0.0101 e. The fourth-order valence-corrected chi connectivity index (χ4v) is 8.65. The van der Waals surface area contributed by atoms with Gasteiger partial charge in [-0.3, -0.25) is 0 Å². The number of hydrogen-bond donors (Lipinski definition) is 0. The summed E-state index contributed by atoms with van der Waals surface area (Å²) in [5, 5.41) is 1.68. The van der Waals surface area contributed by atoms with Crippen LogP contribution < -0.4 is 5.30 Å². The number of benzene rings is 1. The zero-order chi connectivity index (χ0) is 16.7. The van der Waals surface area contributed by atoms with Gasteiger partial charge in [0.05, 0.1) is 0 Å². The molecule has 1 heterocycles. The first kappa shape index (κ1) is 16.6. The van der Waals surface area contributed by atoms with Crippen LogP contribution in [0.1, 0.15) is 64.9 Å². The first-order chi connectivity index (χ1) is 11.6. The lowest BCUT2D eigenvalue weighted by Crippen LogP contribution is -2.34. The predicted octanol–water partition coefficient (Wildman–Crippen LogP) is 6.72. The molecule has 4 unspecified atom stereocenters. The van der Waals surface area contributed by atoms with E-state index in [9.17, 15) is 0 Å². The summed E-state index contributed by atoms with van der Waals surface area (Å²) in [7, 11) is -0.151. The van der Waals surface area contributed by atoms with E-state index in [1.54, 1.807) is 22.0 Å². The van der Waals surface area contributed by atoms with Crippen LogP contribution >= 0.6 is 7.92 Å². The van der Waals surface area contributed by atoms with Gasteiger partial charge in [-0.1, -0.05) is 63.4 Å². The van der Waals surface area contributed by atoms with Crippen LogP contribution in [0.5, 0.6) is 0 Å². The Kier molecular flexibility index (Phi) is 4.70. The largest absolute Gasteiger partial charge is 0.0763 e. The van der Waals surface area contributed by atoms with E-state index in [1.165, 1.54) is 38.5 Å². The van der Waals surface area contributed by atoms with Gasteiger partial charge in [-0.15, -0.1) is 0 Å². The van der Waals surface area contributed by atoms with Crippen molar-refractivity contribution in [2.75, 3.05) is 0 Å². The second-order valence-electron chi connectivity index (χ2n) is 8.48. The van der Waals surface area contributed by atoms with Gasteiger partial charge in [-0.2, -0.15) is 0 Å². The molecule has 0 bridgehead atoms. The normalized spacial score (nSPS) is 32.7. The summed E-state index contributed by atoms with van der Waals surface area (Å²) in [5.41, 5.74) is 5.70. The van der Waals surface area contributed by atoms with Gasteiger partial charge in [0.25, 0.3) is 0 Å². The van der Waals surface area contributed by atoms with E-state index in [4.69, 9.17) is 0 Å². The van der Waals surface area contributed by atoms with Crippen molar-refractivity contribution in [3.63, 3.8) is 0 Å². The lowest BCUT2D eigenvalue weighted by atomic mass is 9.77. The molecule has 1 fully saturated rings. The van der Waals surface area contributed by atoms with E-state index in [1.807, 2.05) is 0 Å². The third-order valence-electron chi connectivity index (χ3n) is 6.46. The summed E-state index contributed by atoms with van der Waals surface area (Å²) in [4.78, 5) is 0. The molecule has 0 amide bonds. The second kappa shape index (κ2) is 6.80. The molecule has 128 valence electrons. The highest BCUT2D eigenvalue weighted by Gasteiger charge is 2.38. The van der Waals surface area contributed by atoms with Gasteiger partial charge >= 0.3 is 0 Å². The molecule has 0 N–H and O–H groups in total. The van der Waals surface area contributed by atoms with E-state index < -0.39 is 0 Å².